The van der Waals surface area contributed by atoms with E-state index in [1.807, 2.05) is 13.8 Å². The molecule has 1 saturated heterocycles. The topological polar surface area (TPSA) is 9.23 Å². The summed E-state index contributed by atoms with van der Waals surface area (Å²) in [6, 6.07) is 0. The van der Waals surface area contributed by atoms with Gasteiger partial charge in [-0.3, -0.25) is 0 Å². The molecule has 1 heterocycles. The van der Waals surface area contributed by atoms with E-state index in [1.165, 1.54) is 19.3 Å². The Kier molecular flexibility index (Phi) is 12.3. The minimum atomic E-state index is 0. The van der Waals surface area contributed by atoms with Gasteiger partial charge in [0.05, 0.1) is 0 Å². The summed E-state index contributed by atoms with van der Waals surface area (Å²) < 4.78 is 5.26. The zero-order valence-electron chi connectivity index (χ0n) is 7.52. The Labute approximate surface area is 72.1 Å². The molecule has 70 valence electrons. The highest BCUT2D eigenvalue weighted by molar-refractivity contribution is 4.55. The molecule has 0 N–H and O–H groups in total. The first kappa shape index (κ1) is 13.5. The minimum Gasteiger partial charge on any atom is -0.381 e. The maximum absolute atomic E-state index is 5.26. The highest BCUT2D eigenvalue weighted by Crippen LogP contribution is 2.13. The van der Waals surface area contributed by atoms with Crippen molar-refractivity contribution in [3.05, 3.63) is 0 Å². The fraction of sp³-hybridized carbons (Fsp3) is 1.00. The van der Waals surface area contributed by atoms with Crippen LogP contribution in [0.3, 0.4) is 0 Å². The van der Waals surface area contributed by atoms with Crippen molar-refractivity contribution in [3.8, 4) is 0 Å². The van der Waals surface area contributed by atoms with Crippen LogP contribution in [0.5, 0.6) is 0 Å². The summed E-state index contributed by atoms with van der Waals surface area (Å²) >= 11 is 0. The van der Waals surface area contributed by atoms with Gasteiger partial charge in [-0.25, -0.2) is 0 Å². The van der Waals surface area contributed by atoms with Crippen LogP contribution >= 0.6 is 0 Å². The third kappa shape index (κ3) is 7.86. The summed E-state index contributed by atoms with van der Waals surface area (Å²) in [6.07, 6.45) is 3.89. The zero-order valence-corrected chi connectivity index (χ0v) is 7.52. The Bertz CT molecular complexity index is 53.9. The maximum atomic E-state index is 5.26. The normalized spacial score (nSPS) is 23.7. The molecule has 0 aromatic heterocycles. The third-order valence-corrected chi connectivity index (χ3v) is 1.74. The molecule has 0 amide bonds. The van der Waals surface area contributed by atoms with Gasteiger partial charge in [0.1, 0.15) is 0 Å². The molecule has 0 aliphatic carbocycles. The highest BCUT2D eigenvalue weighted by atomic mass is 16.5. The number of hydrogen-bond donors (Lipinski definition) is 0. The van der Waals surface area contributed by atoms with Gasteiger partial charge in [0.2, 0.25) is 0 Å². The van der Waals surface area contributed by atoms with Crippen molar-refractivity contribution in [2.24, 2.45) is 5.92 Å². The molecule has 1 aliphatic rings. The highest BCUT2D eigenvalue weighted by Gasteiger charge is 2.05. The van der Waals surface area contributed by atoms with Gasteiger partial charge in [-0.15, -0.1) is 0 Å². The Morgan fingerprint density at radius 1 is 1.09 bits per heavy atom. The summed E-state index contributed by atoms with van der Waals surface area (Å²) in [5.74, 6) is 0.900. The quantitative estimate of drug-likeness (QED) is 0.527. The molecule has 0 bridgehead atoms. The standard InChI is InChI=1S/C7H14O.C2H6.CH4/c1-7-3-2-5-8-6-4-7;1-2;/h7H,2-6H2,1H3;1-2H3;1H4. The first-order valence-electron chi connectivity index (χ1n) is 4.47. The lowest BCUT2D eigenvalue weighted by Crippen LogP contribution is -1.93. The first-order chi connectivity index (χ1) is 4.89. The third-order valence-electron chi connectivity index (χ3n) is 1.74. The maximum Gasteiger partial charge on any atom is 0.0468 e. The molecule has 0 spiro atoms. The second-order valence-corrected chi connectivity index (χ2v) is 2.65. The molecule has 0 aromatic carbocycles. The monoisotopic (exact) mass is 160 g/mol. The predicted molar refractivity (Wildman–Crippen MR) is 51.9 cm³/mol. The van der Waals surface area contributed by atoms with Crippen molar-refractivity contribution in [1.82, 2.24) is 0 Å². The summed E-state index contributed by atoms with van der Waals surface area (Å²) in [5.41, 5.74) is 0. The van der Waals surface area contributed by atoms with Crippen LogP contribution in [-0.4, -0.2) is 13.2 Å². The van der Waals surface area contributed by atoms with Gasteiger partial charge in [0, 0.05) is 13.2 Å². The molecule has 1 nitrogen and oxygen atoms in total. The van der Waals surface area contributed by atoms with Crippen LogP contribution in [0.1, 0.15) is 47.5 Å². The molecule has 0 saturated carbocycles. The van der Waals surface area contributed by atoms with Crippen LogP contribution in [0.2, 0.25) is 0 Å². The van der Waals surface area contributed by atoms with Crippen LogP contribution in [0, 0.1) is 5.92 Å². The number of ether oxygens (including phenoxy) is 1. The number of hydrogen-bond acceptors (Lipinski definition) is 1. The molecule has 1 atom stereocenters. The summed E-state index contributed by atoms with van der Waals surface area (Å²) in [6.45, 7) is 8.28. The van der Waals surface area contributed by atoms with Crippen molar-refractivity contribution in [2.45, 2.75) is 47.5 Å². The Hall–Kier alpha value is -0.0400. The summed E-state index contributed by atoms with van der Waals surface area (Å²) in [7, 11) is 0. The van der Waals surface area contributed by atoms with E-state index in [4.69, 9.17) is 4.74 Å². The van der Waals surface area contributed by atoms with Gasteiger partial charge < -0.3 is 4.74 Å². The second kappa shape index (κ2) is 9.96. The van der Waals surface area contributed by atoms with Crippen LogP contribution in [0.25, 0.3) is 0 Å². The van der Waals surface area contributed by atoms with Crippen LogP contribution in [0.4, 0.5) is 0 Å². The van der Waals surface area contributed by atoms with Gasteiger partial charge in [-0.2, -0.15) is 0 Å². The van der Waals surface area contributed by atoms with Gasteiger partial charge in [0.15, 0.2) is 0 Å². The average molecular weight is 160 g/mol. The van der Waals surface area contributed by atoms with Crippen LogP contribution < -0.4 is 0 Å². The van der Waals surface area contributed by atoms with Crippen molar-refractivity contribution in [1.29, 1.82) is 0 Å². The van der Waals surface area contributed by atoms with Crippen molar-refractivity contribution in [3.63, 3.8) is 0 Å². The van der Waals surface area contributed by atoms with Crippen molar-refractivity contribution >= 4 is 0 Å². The molecule has 1 heteroatoms. The minimum absolute atomic E-state index is 0. The molecule has 1 rings (SSSR count). The lowest BCUT2D eigenvalue weighted by atomic mass is 10.0. The largest absolute Gasteiger partial charge is 0.381 e. The summed E-state index contributed by atoms with van der Waals surface area (Å²) in [4.78, 5) is 0. The number of rotatable bonds is 0. The molecule has 0 aromatic rings. The van der Waals surface area contributed by atoms with Gasteiger partial charge in [-0.05, 0) is 25.2 Å². The lowest BCUT2D eigenvalue weighted by molar-refractivity contribution is 0.142. The smallest absolute Gasteiger partial charge is 0.0468 e. The Morgan fingerprint density at radius 3 is 2.36 bits per heavy atom. The van der Waals surface area contributed by atoms with E-state index in [0.29, 0.717) is 0 Å². The van der Waals surface area contributed by atoms with E-state index in [-0.39, 0.29) is 7.43 Å². The molecular weight excluding hydrogens is 136 g/mol. The lowest BCUT2D eigenvalue weighted by Gasteiger charge is -2.01. The molecule has 1 aliphatic heterocycles. The Balaban J connectivity index is 0. The van der Waals surface area contributed by atoms with Gasteiger partial charge in [0.25, 0.3) is 0 Å². The Morgan fingerprint density at radius 2 is 1.73 bits per heavy atom. The van der Waals surface area contributed by atoms with E-state index in [2.05, 4.69) is 6.92 Å². The van der Waals surface area contributed by atoms with Crippen molar-refractivity contribution in [2.75, 3.05) is 13.2 Å². The zero-order chi connectivity index (χ0) is 7.82. The average Bonchev–Trinajstić information content (AvgIpc) is 2.21. The molecule has 0 radical (unpaired) electrons. The van der Waals surface area contributed by atoms with E-state index in [9.17, 15) is 0 Å². The van der Waals surface area contributed by atoms with Gasteiger partial charge >= 0.3 is 0 Å². The second-order valence-electron chi connectivity index (χ2n) is 2.65. The first-order valence-corrected chi connectivity index (χ1v) is 4.47. The fourth-order valence-electron chi connectivity index (χ4n) is 1.06. The van der Waals surface area contributed by atoms with Crippen LogP contribution in [0.15, 0.2) is 0 Å². The molecule has 1 fully saturated rings. The van der Waals surface area contributed by atoms with Crippen molar-refractivity contribution < 1.29 is 4.74 Å². The van der Waals surface area contributed by atoms with E-state index in [0.717, 1.165) is 19.1 Å². The molecule has 11 heavy (non-hydrogen) atoms. The van der Waals surface area contributed by atoms with Gasteiger partial charge in [-0.1, -0.05) is 28.2 Å². The molecular formula is C10H24O. The van der Waals surface area contributed by atoms with Crippen LogP contribution in [-0.2, 0) is 4.74 Å². The fourth-order valence-corrected chi connectivity index (χ4v) is 1.06. The van der Waals surface area contributed by atoms with E-state index >= 15 is 0 Å². The predicted octanol–water partition coefficient (Wildman–Crippen LogP) is 3.49. The molecule has 1 unspecified atom stereocenters. The van der Waals surface area contributed by atoms with E-state index in [1.54, 1.807) is 0 Å². The SMILES string of the molecule is C.CC.CC1CCCOCC1. The summed E-state index contributed by atoms with van der Waals surface area (Å²) in [5, 5.41) is 0. The van der Waals surface area contributed by atoms with E-state index < -0.39 is 0 Å².